The SMILES string of the molecule is CC(C)[C@@H]1CC[C@@H](C)C[C@H]1Oc1ccc2c(c1)-c1cc3[nH]c(cc4nc(cc5[nH]c(cc-2n1)c1cc(O[C@@H]2C[C@H](C)CC[C@H]2C(C)C)ccc51)-c1cc(O[C@@H]2C[C@H](C)CC[C@H]2C(C)C)ccc1-4)c1cc(OCCOC(=O)CCC(=O)CNC(=O)OC(C)(C)C)ccc31. The predicted molar refractivity (Wildman–Crippen MR) is 367 cm³/mol. The number of ketones is 1. The summed E-state index contributed by atoms with van der Waals surface area (Å²) < 4.78 is 38.3. The Morgan fingerprint density at radius 2 is 0.891 bits per heavy atom. The third kappa shape index (κ3) is 14.5. The molecule has 3 aliphatic carbocycles. The van der Waals surface area contributed by atoms with Crippen LogP contribution in [0.3, 0.4) is 0 Å². The number of H-pyrrole nitrogens is 2. The summed E-state index contributed by atoms with van der Waals surface area (Å²) in [6.45, 7) is 26.1. The summed E-state index contributed by atoms with van der Waals surface area (Å²) in [6.07, 6.45) is 9.68. The molecular weight excluding hydrogens is 1150 g/mol. The molecule has 3 N–H and O–H groups in total. The molecule has 3 aromatic heterocycles. The summed E-state index contributed by atoms with van der Waals surface area (Å²) in [5.41, 5.74) is 10.0. The number of benzene rings is 4. The number of carbonyl (C=O) groups is 3. The average Bonchev–Trinajstić information content (AvgIpc) is 1.60. The van der Waals surface area contributed by atoms with Gasteiger partial charge in [-0.05, 0) is 210 Å². The van der Waals surface area contributed by atoms with Crippen LogP contribution in [0.4, 0.5) is 4.79 Å². The molecular formula is C78H95N5O9. The maximum Gasteiger partial charge on any atom is 0.408 e. The fourth-order valence-electron chi connectivity index (χ4n) is 15.2. The highest BCUT2D eigenvalue weighted by molar-refractivity contribution is 6.11. The normalized spacial score (nSPS) is 22.3. The lowest BCUT2D eigenvalue weighted by atomic mass is 9.75. The summed E-state index contributed by atoms with van der Waals surface area (Å²) in [6, 6.07) is 34.3. The number of aromatic amines is 2. The van der Waals surface area contributed by atoms with Crippen LogP contribution in [0.1, 0.15) is 154 Å². The Bertz CT molecular complexity index is 4020. The second-order valence-electron chi connectivity index (χ2n) is 29.5. The van der Waals surface area contributed by atoms with E-state index < -0.39 is 17.7 Å². The number of nitrogens with one attached hydrogen (secondary N) is 3. The molecule has 5 aliphatic rings. The van der Waals surface area contributed by atoms with E-state index in [-0.39, 0.29) is 56.7 Å². The standard InChI is InChI=1S/C78H95N5O9/c1-43(2)54-21-13-46(7)31-73(54)89-51-18-25-58-62(35-51)71-40-68-60-27-20-53(91-75-33-48(9)15-23-56(75)45(5)6)37-64(60)72(83-68)41-67-59-26-19-52(90-74-32-47(8)14-22-55(74)44(3)4)36-63(59)70(82-67)39-65-57-24-17-50(34-61(57)69(80-65)38-66(58)81-71)87-29-30-88-76(85)28-16-49(84)42-79-77(86)92-78(10,11)12/h17-20,24-27,34-41,43-48,54-56,73-75,80,83H,13-16,21-23,28-33,42H2,1-12H3,(H,79,86)/t46-,47-,48-,54+,55+,56+,73-,74-,75-/m1/s1. The number of esters is 1. The number of Topliss-reactive ketones (excluding diaryl/α,β-unsaturated/α-hetero) is 1. The van der Waals surface area contributed by atoms with E-state index in [1.165, 1.54) is 25.7 Å². The highest BCUT2D eigenvalue weighted by Crippen LogP contribution is 2.46. The molecule has 0 unspecified atom stereocenters. The fraction of sp³-hybridized carbons (Fsp3) is 0.500. The summed E-state index contributed by atoms with van der Waals surface area (Å²) in [7, 11) is 0. The van der Waals surface area contributed by atoms with Gasteiger partial charge in [0.05, 0.1) is 35.7 Å². The average molecular weight is 1250 g/mol. The van der Waals surface area contributed by atoms with Crippen LogP contribution in [-0.4, -0.2) is 81.5 Å². The molecule has 9 atom stereocenters. The first-order chi connectivity index (χ1) is 44.1. The lowest BCUT2D eigenvalue weighted by molar-refractivity contribution is -0.145. The van der Waals surface area contributed by atoms with Gasteiger partial charge in [0.15, 0.2) is 5.78 Å². The molecule has 5 heterocycles. The second-order valence-corrected chi connectivity index (χ2v) is 29.5. The highest BCUT2D eigenvalue weighted by atomic mass is 16.6. The van der Waals surface area contributed by atoms with Crippen molar-refractivity contribution in [2.24, 2.45) is 53.3 Å². The van der Waals surface area contributed by atoms with Crippen LogP contribution >= 0.6 is 0 Å². The van der Waals surface area contributed by atoms with Gasteiger partial charge < -0.3 is 43.7 Å². The van der Waals surface area contributed by atoms with Gasteiger partial charge in [-0.15, -0.1) is 0 Å². The Kier molecular flexibility index (Phi) is 18.8. The summed E-state index contributed by atoms with van der Waals surface area (Å²) >= 11 is 0. The third-order valence-corrected chi connectivity index (χ3v) is 20.2. The van der Waals surface area contributed by atoms with Crippen molar-refractivity contribution in [2.45, 2.75) is 178 Å². The Morgan fingerprint density at radius 1 is 0.489 bits per heavy atom. The molecule has 0 saturated heterocycles. The van der Waals surface area contributed by atoms with Crippen LogP contribution < -0.4 is 24.3 Å². The number of hydrogen-bond acceptors (Lipinski definition) is 11. The van der Waals surface area contributed by atoms with Crippen molar-refractivity contribution in [1.29, 1.82) is 0 Å². The molecule has 8 bridgehead atoms. The minimum atomic E-state index is -0.696. The molecule has 2 aliphatic heterocycles. The number of fused-ring (bicyclic) bond motifs is 20. The van der Waals surface area contributed by atoms with Gasteiger partial charge in [0, 0.05) is 72.3 Å². The number of nitrogens with zero attached hydrogens (tertiary/aromatic N) is 2. The zero-order chi connectivity index (χ0) is 64.7. The molecule has 14 nitrogen and oxygen atoms in total. The first-order valence-corrected chi connectivity index (χ1v) is 34.2. The summed E-state index contributed by atoms with van der Waals surface area (Å²) in [4.78, 5) is 56.3. The number of alkyl carbamates (subject to hydrolysis) is 1. The topological polar surface area (TPSA) is 176 Å². The minimum absolute atomic E-state index is 0.0255. The van der Waals surface area contributed by atoms with Gasteiger partial charge in [-0.1, -0.05) is 81.6 Å². The van der Waals surface area contributed by atoms with Crippen molar-refractivity contribution in [2.75, 3.05) is 19.8 Å². The van der Waals surface area contributed by atoms with Crippen LogP contribution in [0.5, 0.6) is 23.0 Å². The Labute approximate surface area is 542 Å². The Morgan fingerprint density at radius 3 is 1.34 bits per heavy atom. The van der Waals surface area contributed by atoms with E-state index >= 15 is 0 Å². The van der Waals surface area contributed by atoms with Crippen LogP contribution in [-0.2, 0) is 19.1 Å². The molecule has 92 heavy (non-hydrogen) atoms. The fourth-order valence-corrected chi connectivity index (χ4v) is 15.2. The van der Waals surface area contributed by atoms with E-state index in [9.17, 15) is 14.4 Å². The molecule has 486 valence electrons. The number of amides is 1. The van der Waals surface area contributed by atoms with Crippen molar-refractivity contribution in [3.63, 3.8) is 0 Å². The molecule has 3 saturated carbocycles. The van der Waals surface area contributed by atoms with Crippen LogP contribution in [0, 0.1) is 53.3 Å². The highest BCUT2D eigenvalue weighted by Gasteiger charge is 2.36. The largest absolute Gasteiger partial charge is 0.490 e. The smallest absolute Gasteiger partial charge is 0.408 e. The second kappa shape index (κ2) is 27.0. The van der Waals surface area contributed by atoms with Crippen molar-refractivity contribution >= 4 is 61.5 Å². The minimum Gasteiger partial charge on any atom is -0.490 e. The lowest BCUT2D eigenvalue weighted by Crippen LogP contribution is -2.36. The van der Waals surface area contributed by atoms with Gasteiger partial charge in [0.2, 0.25) is 0 Å². The Balaban J connectivity index is 0.968. The van der Waals surface area contributed by atoms with Gasteiger partial charge in [0.25, 0.3) is 0 Å². The number of aromatic nitrogens is 4. The van der Waals surface area contributed by atoms with Gasteiger partial charge in [-0.25, -0.2) is 14.8 Å². The molecule has 0 radical (unpaired) electrons. The molecule has 3 fully saturated rings. The van der Waals surface area contributed by atoms with Gasteiger partial charge in [-0.3, -0.25) is 9.59 Å². The first kappa shape index (κ1) is 64.2. The maximum absolute atomic E-state index is 12.8. The maximum atomic E-state index is 12.8. The molecule has 7 aromatic rings. The monoisotopic (exact) mass is 1250 g/mol. The van der Waals surface area contributed by atoms with Gasteiger partial charge >= 0.3 is 12.1 Å². The molecule has 0 spiro atoms. The van der Waals surface area contributed by atoms with Crippen molar-refractivity contribution in [1.82, 2.24) is 25.3 Å². The number of rotatable bonds is 18. The predicted octanol–water partition coefficient (Wildman–Crippen LogP) is 18.6. The number of ether oxygens (including phenoxy) is 6. The quantitative estimate of drug-likeness (QED) is 0.0550. The van der Waals surface area contributed by atoms with E-state index in [0.29, 0.717) is 59.0 Å². The van der Waals surface area contributed by atoms with Crippen molar-refractivity contribution < 1.29 is 42.8 Å². The zero-order valence-electron chi connectivity index (χ0n) is 56.1. The van der Waals surface area contributed by atoms with E-state index in [1.807, 2.05) is 12.1 Å². The zero-order valence-corrected chi connectivity index (χ0v) is 56.1. The van der Waals surface area contributed by atoms with E-state index in [4.69, 9.17) is 38.4 Å². The van der Waals surface area contributed by atoms with Gasteiger partial charge in [-0.2, -0.15) is 0 Å². The molecule has 14 heteroatoms. The Hall–Kier alpha value is -7.87. The van der Waals surface area contributed by atoms with Crippen LogP contribution in [0.2, 0.25) is 0 Å². The molecule has 4 aromatic carbocycles. The van der Waals surface area contributed by atoms with Gasteiger partial charge in [0.1, 0.15) is 60.1 Å². The van der Waals surface area contributed by atoms with Crippen molar-refractivity contribution in [3.8, 4) is 68.0 Å². The summed E-state index contributed by atoms with van der Waals surface area (Å²) in [5.74, 6) is 7.00. The number of hydrogen-bond donors (Lipinski definition) is 3. The van der Waals surface area contributed by atoms with Crippen LogP contribution in [0.25, 0.3) is 88.6 Å². The summed E-state index contributed by atoms with van der Waals surface area (Å²) in [5, 5.41) is 6.40. The number of carbonyl (C=O) groups excluding carboxylic acids is 3. The molecule has 1 amide bonds. The van der Waals surface area contributed by atoms with Crippen molar-refractivity contribution in [3.05, 3.63) is 97.1 Å². The first-order valence-electron chi connectivity index (χ1n) is 34.2. The van der Waals surface area contributed by atoms with E-state index in [2.05, 4.69) is 163 Å². The van der Waals surface area contributed by atoms with Crippen LogP contribution in [0.15, 0.2) is 97.1 Å². The van der Waals surface area contributed by atoms with E-state index in [0.717, 1.165) is 138 Å². The van der Waals surface area contributed by atoms with E-state index in [1.54, 1.807) is 20.8 Å². The lowest BCUT2D eigenvalue weighted by Gasteiger charge is -2.37. The third-order valence-electron chi connectivity index (χ3n) is 20.2. The molecule has 12 rings (SSSR count).